The zero-order valence-electron chi connectivity index (χ0n) is 13.2. The van der Waals surface area contributed by atoms with Gasteiger partial charge in [-0.25, -0.2) is 0 Å². The van der Waals surface area contributed by atoms with Crippen LogP contribution >= 0.6 is 11.3 Å². The fourth-order valence-corrected chi connectivity index (χ4v) is 4.26. The van der Waals surface area contributed by atoms with E-state index in [0.717, 1.165) is 37.0 Å². The average molecular weight is 336 g/mol. The van der Waals surface area contributed by atoms with Gasteiger partial charge in [0.05, 0.1) is 18.7 Å². The number of amides is 2. The molecule has 5 nitrogen and oxygen atoms in total. The molecule has 0 bridgehead atoms. The molecule has 23 heavy (non-hydrogen) atoms. The van der Waals surface area contributed by atoms with Gasteiger partial charge in [0.15, 0.2) is 0 Å². The maximum atomic E-state index is 12.4. The molecule has 0 radical (unpaired) electrons. The van der Waals surface area contributed by atoms with Crippen LogP contribution in [0.25, 0.3) is 0 Å². The van der Waals surface area contributed by atoms with Gasteiger partial charge in [-0.2, -0.15) is 0 Å². The van der Waals surface area contributed by atoms with Crippen molar-refractivity contribution in [3.05, 3.63) is 22.4 Å². The lowest BCUT2D eigenvalue weighted by Crippen LogP contribution is -2.45. The highest BCUT2D eigenvalue weighted by Crippen LogP contribution is 2.39. The molecule has 1 unspecified atom stereocenters. The molecule has 1 atom stereocenters. The van der Waals surface area contributed by atoms with Gasteiger partial charge >= 0.3 is 0 Å². The highest BCUT2D eigenvalue weighted by molar-refractivity contribution is 7.10. The van der Waals surface area contributed by atoms with Gasteiger partial charge in [-0.3, -0.25) is 9.59 Å². The van der Waals surface area contributed by atoms with Crippen molar-refractivity contribution in [2.24, 2.45) is 5.92 Å². The van der Waals surface area contributed by atoms with Gasteiger partial charge in [0.1, 0.15) is 0 Å². The SMILES string of the molecule is O=C(CN1CCCCCC1=O)NC(c1cccs1)C1CC(O)C1. The number of thiophene rings is 1. The minimum atomic E-state index is -0.244. The Kier molecular flexibility index (Phi) is 5.33. The van der Waals surface area contributed by atoms with Crippen molar-refractivity contribution < 1.29 is 14.7 Å². The van der Waals surface area contributed by atoms with E-state index < -0.39 is 0 Å². The summed E-state index contributed by atoms with van der Waals surface area (Å²) in [6.45, 7) is 0.827. The van der Waals surface area contributed by atoms with Gasteiger partial charge in [0, 0.05) is 17.8 Å². The Morgan fingerprint density at radius 3 is 2.91 bits per heavy atom. The molecule has 3 rings (SSSR count). The zero-order chi connectivity index (χ0) is 16.2. The molecule has 2 amide bonds. The molecule has 1 aromatic heterocycles. The van der Waals surface area contributed by atoms with Crippen LogP contribution in [-0.2, 0) is 9.59 Å². The van der Waals surface area contributed by atoms with E-state index >= 15 is 0 Å². The lowest BCUT2D eigenvalue weighted by Gasteiger charge is -2.38. The van der Waals surface area contributed by atoms with Gasteiger partial charge in [-0.15, -0.1) is 11.3 Å². The fraction of sp³-hybridized carbons (Fsp3) is 0.647. The minimum absolute atomic E-state index is 0.0482. The molecule has 1 aliphatic carbocycles. The third kappa shape index (κ3) is 4.12. The second-order valence-corrected chi connectivity index (χ2v) is 7.55. The molecule has 6 heteroatoms. The van der Waals surface area contributed by atoms with Crippen molar-refractivity contribution >= 4 is 23.2 Å². The Bertz CT molecular complexity index is 540. The third-order valence-electron chi connectivity index (χ3n) is 4.79. The number of hydrogen-bond acceptors (Lipinski definition) is 4. The van der Waals surface area contributed by atoms with Crippen LogP contribution in [0.3, 0.4) is 0 Å². The van der Waals surface area contributed by atoms with E-state index in [-0.39, 0.29) is 36.4 Å². The molecule has 1 aliphatic heterocycles. The molecule has 1 saturated carbocycles. The summed E-state index contributed by atoms with van der Waals surface area (Å²) in [6.07, 6.45) is 4.72. The number of rotatable bonds is 5. The molecular formula is C17H24N2O3S. The predicted octanol–water partition coefficient (Wildman–Crippen LogP) is 2.08. The third-order valence-corrected chi connectivity index (χ3v) is 5.75. The van der Waals surface area contributed by atoms with Gasteiger partial charge < -0.3 is 15.3 Å². The zero-order valence-corrected chi connectivity index (χ0v) is 14.1. The quantitative estimate of drug-likeness (QED) is 0.865. The molecule has 1 aromatic rings. The number of likely N-dealkylation sites (tertiary alicyclic amines) is 1. The summed E-state index contributed by atoms with van der Waals surface area (Å²) < 4.78 is 0. The Balaban J connectivity index is 1.60. The second kappa shape index (κ2) is 7.45. The van der Waals surface area contributed by atoms with Gasteiger partial charge in [0.25, 0.3) is 0 Å². The first-order valence-electron chi connectivity index (χ1n) is 8.42. The number of hydrogen-bond donors (Lipinski definition) is 2. The van der Waals surface area contributed by atoms with Crippen LogP contribution in [0, 0.1) is 5.92 Å². The summed E-state index contributed by atoms with van der Waals surface area (Å²) in [7, 11) is 0. The monoisotopic (exact) mass is 336 g/mol. The number of nitrogens with zero attached hydrogens (tertiary/aromatic N) is 1. The Labute approximate surface area is 140 Å². The average Bonchev–Trinajstić information content (AvgIpc) is 2.95. The number of carbonyl (C=O) groups excluding carboxylic acids is 2. The van der Waals surface area contributed by atoms with Crippen LogP contribution in [0.1, 0.15) is 49.4 Å². The minimum Gasteiger partial charge on any atom is -0.393 e. The van der Waals surface area contributed by atoms with Gasteiger partial charge in [-0.05, 0) is 43.0 Å². The first kappa shape index (κ1) is 16.5. The topological polar surface area (TPSA) is 69.6 Å². The van der Waals surface area contributed by atoms with Gasteiger partial charge in [0.2, 0.25) is 11.8 Å². The van der Waals surface area contributed by atoms with E-state index in [2.05, 4.69) is 5.32 Å². The molecule has 2 heterocycles. The Hall–Kier alpha value is -1.40. The highest BCUT2D eigenvalue weighted by atomic mass is 32.1. The van der Waals surface area contributed by atoms with E-state index in [1.807, 2.05) is 17.5 Å². The summed E-state index contributed by atoms with van der Waals surface area (Å²) in [5, 5.41) is 14.7. The van der Waals surface area contributed by atoms with E-state index in [1.165, 1.54) is 0 Å². The summed E-state index contributed by atoms with van der Waals surface area (Å²) >= 11 is 1.62. The number of carbonyl (C=O) groups is 2. The summed E-state index contributed by atoms with van der Waals surface area (Å²) in [4.78, 5) is 27.3. The van der Waals surface area contributed by atoms with Crippen molar-refractivity contribution in [2.45, 2.75) is 50.7 Å². The normalized spacial score (nSPS) is 26.3. The Morgan fingerprint density at radius 2 is 2.22 bits per heavy atom. The number of aliphatic hydroxyl groups excluding tert-OH is 1. The number of aliphatic hydroxyl groups is 1. The predicted molar refractivity (Wildman–Crippen MR) is 89.0 cm³/mol. The van der Waals surface area contributed by atoms with E-state index in [0.29, 0.717) is 13.0 Å². The summed E-state index contributed by atoms with van der Waals surface area (Å²) in [6, 6.07) is 3.96. The number of nitrogens with one attached hydrogen (secondary N) is 1. The smallest absolute Gasteiger partial charge is 0.240 e. The first-order valence-corrected chi connectivity index (χ1v) is 9.30. The maximum absolute atomic E-state index is 12.4. The fourth-order valence-electron chi connectivity index (χ4n) is 3.39. The summed E-state index contributed by atoms with van der Waals surface area (Å²) in [5.74, 6) is 0.275. The maximum Gasteiger partial charge on any atom is 0.240 e. The van der Waals surface area contributed by atoms with Crippen molar-refractivity contribution in [1.29, 1.82) is 0 Å². The van der Waals surface area contributed by atoms with Gasteiger partial charge in [-0.1, -0.05) is 12.5 Å². The summed E-state index contributed by atoms with van der Waals surface area (Å²) in [5.41, 5.74) is 0. The standard InChI is InChI=1S/C17H24N2O3S/c20-13-9-12(10-13)17(14-5-4-8-23-14)18-15(21)11-19-7-3-1-2-6-16(19)22/h4-5,8,12-13,17,20H,1-3,6-7,9-11H2,(H,18,21). The van der Waals surface area contributed by atoms with E-state index in [1.54, 1.807) is 16.2 Å². The van der Waals surface area contributed by atoms with Crippen LogP contribution in [-0.4, -0.2) is 41.0 Å². The van der Waals surface area contributed by atoms with Crippen molar-refractivity contribution in [2.75, 3.05) is 13.1 Å². The second-order valence-electron chi connectivity index (χ2n) is 6.57. The molecule has 0 aromatic carbocycles. The first-order chi connectivity index (χ1) is 11.1. The van der Waals surface area contributed by atoms with Crippen LogP contribution in [0.15, 0.2) is 17.5 Å². The molecular weight excluding hydrogens is 312 g/mol. The van der Waals surface area contributed by atoms with Crippen LogP contribution in [0.4, 0.5) is 0 Å². The molecule has 2 aliphatic rings. The lowest BCUT2D eigenvalue weighted by atomic mass is 9.77. The van der Waals surface area contributed by atoms with Crippen LogP contribution < -0.4 is 5.32 Å². The molecule has 2 fully saturated rings. The lowest BCUT2D eigenvalue weighted by molar-refractivity contribution is -0.136. The molecule has 2 N–H and O–H groups in total. The molecule has 0 spiro atoms. The largest absolute Gasteiger partial charge is 0.393 e. The van der Waals surface area contributed by atoms with E-state index in [4.69, 9.17) is 0 Å². The van der Waals surface area contributed by atoms with Crippen LogP contribution in [0.5, 0.6) is 0 Å². The highest BCUT2D eigenvalue weighted by Gasteiger charge is 2.36. The van der Waals surface area contributed by atoms with Crippen molar-refractivity contribution in [1.82, 2.24) is 10.2 Å². The molecule has 126 valence electrons. The van der Waals surface area contributed by atoms with E-state index in [9.17, 15) is 14.7 Å². The molecule has 1 saturated heterocycles. The van der Waals surface area contributed by atoms with Crippen molar-refractivity contribution in [3.8, 4) is 0 Å². The van der Waals surface area contributed by atoms with Crippen LogP contribution in [0.2, 0.25) is 0 Å². The van der Waals surface area contributed by atoms with Crippen molar-refractivity contribution in [3.63, 3.8) is 0 Å². The Morgan fingerprint density at radius 1 is 1.39 bits per heavy atom.